The Kier molecular flexibility index (Phi) is 3.55. The monoisotopic (exact) mass is 262 g/mol. The van der Waals surface area contributed by atoms with E-state index in [1.807, 2.05) is 10.9 Å². The number of nitrogens with zero attached hydrogens (tertiary/aromatic N) is 2. The molecule has 0 saturated heterocycles. The van der Waals surface area contributed by atoms with Crippen molar-refractivity contribution in [3.05, 3.63) is 24.0 Å². The lowest BCUT2D eigenvalue weighted by atomic mass is 9.97. The molecule has 1 aromatic heterocycles. The fourth-order valence-electron chi connectivity index (χ4n) is 1.42. The summed E-state index contributed by atoms with van der Waals surface area (Å²) in [6.45, 7) is 5.10. The molecule has 1 aromatic rings. The van der Waals surface area contributed by atoms with Gasteiger partial charge in [-0.1, -0.05) is 0 Å². The summed E-state index contributed by atoms with van der Waals surface area (Å²) in [6.07, 6.45) is 8.74. The molecule has 5 heteroatoms. The zero-order chi connectivity index (χ0) is 14.0. The van der Waals surface area contributed by atoms with Crippen LogP contribution in [0.15, 0.2) is 18.5 Å². The first-order chi connectivity index (χ1) is 8.86. The van der Waals surface area contributed by atoms with Gasteiger partial charge in [0.1, 0.15) is 0 Å². The van der Waals surface area contributed by atoms with Crippen LogP contribution in [0, 0.1) is 5.41 Å². The molecule has 102 valence electrons. The zero-order valence-electron chi connectivity index (χ0n) is 11.4. The van der Waals surface area contributed by atoms with Crippen LogP contribution in [0.5, 0.6) is 0 Å². The maximum Gasteiger partial charge on any atom is 0.338 e. The highest BCUT2D eigenvalue weighted by Gasteiger charge is 2.25. The SMILES string of the molecule is CC(C)(C)C(=O)OC(=O)/C=C/c1cnn(C2CC2)c1. The van der Waals surface area contributed by atoms with Crippen LogP contribution >= 0.6 is 0 Å². The molecule has 0 bridgehead atoms. The first-order valence-corrected chi connectivity index (χ1v) is 6.35. The predicted molar refractivity (Wildman–Crippen MR) is 70.1 cm³/mol. The Morgan fingerprint density at radius 1 is 1.42 bits per heavy atom. The molecule has 19 heavy (non-hydrogen) atoms. The molecule has 0 radical (unpaired) electrons. The van der Waals surface area contributed by atoms with Crippen LogP contribution in [0.1, 0.15) is 45.2 Å². The summed E-state index contributed by atoms with van der Waals surface area (Å²) in [5, 5.41) is 4.20. The van der Waals surface area contributed by atoms with E-state index in [1.165, 1.54) is 6.08 Å². The van der Waals surface area contributed by atoms with Crippen molar-refractivity contribution in [2.75, 3.05) is 0 Å². The average molecular weight is 262 g/mol. The largest absolute Gasteiger partial charge is 0.389 e. The lowest BCUT2D eigenvalue weighted by molar-refractivity contribution is -0.162. The lowest BCUT2D eigenvalue weighted by Crippen LogP contribution is -2.25. The molecule has 1 heterocycles. The Morgan fingerprint density at radius 2 is 2.11 bits per heavy atom. The quantitative estimate of drug-likeness (QED) is 0.476. The van der Waals surface area contributed by atoms with Gasteiger partial charge in [0.25, 0.3) is 0 Å². The van der Waals surface area contributed by atoms with Crippen LogP contribution < -0.4 is 0 Å². The lowest BCUT2D eigenvalue weighted by Gasteiger charge is -2.14. The molecule has 0 aliphatic heterocycles. The first kappa shape index (κ1) is 13.5. The number of ether oxygens (including phenoxy) is 1. The van der Waals surface area contributed by atoms with Gasteiger partial charge >= 0.3 is 11.9 Å². The summed E-state index contributed by atoms with van der Waals surface area (Å²) in [7, 11) is 0. The Morgan fingerprint density at radius 3 is 2.68 bits per heavy atom. The maximum atomic E-state index is 11.5. The molecule has 1 fully saturated rings. The molecule has 1 aliphatic carbocycles. The van der Waals surface area contributed by atoms with Crippen molar-refractivity contribution in [1.29, 1.82) is 0 Å². The smallest absolute Gasteiger partial charge is 0.338 e. The van der Waals surface area contributed by atoms with Crippen LogP contribution in [-0.2, 0) is 14.3 Å². The fourth-order valence-corrected chi connectivity index (χ4v) is 1.42. The molecular weight excluding hydrogens is 244 g/mol. The number of rotatable bonds is 3. The van der Waals surface area contributed by atoms with E-state index in [0.717, 1.165) is 18.4 Å². The number of hydrogen-bond acceptors (Lipinski definition) is 4. The van der Waals surface area contributed by atoms with Crippen molar-refractivity contribution in [2.45, 2.75) is 39.7 Å². The Hall–Kier alpha value is -1.91. The molecule has 2 rings (SSSR count). The molecule has 0 aromatic carbocycles. The summed E-state index contributed by atoms with van der Waals surface area (Å²) >= 11 is 0. The predicted octanol–water partition coefficient (Wildman–Crippen LogP) is 2.35. The summed E-state index contributed by atoms with van der Waals surface area (Å²) in [5.41, 5.74) is 0.146. The van der Waals surface area contributed by atoms with Gasteiger partial charge in [-0.3, -0.25) is 9.48 Å². The van der Waals surface area contributed by atoms with E-state index in [2.05, 4.69) is 5.10 Å². The van der Waals surface area contributed by atoms with Crippen LogP contribution in [0.4, 0.5) is 0 Å². The van der Waals surface area contributed by atoms with Gasteiger partial charge in [0, 0.05) is 17.8 Å². The van der Waals surface area contributed by atoms with Gasteiger partial charge < -0.3 is 4.74 Å². The zero-order valence-corrected chi connectivity index (χ0v) is 11.4. The molecule has 1 aliphatic rings. The Bertz CT molecular complexity index is 519. The van der Waals surface area contributed by atoms with Crippen molar-refractivity contribution >= 4 is 18.0 Å². The second kappa shape index (κ2) is 4.99. The van der Waals surface area contributed by atoms with Crippen molar-refractivity contribution in [2.24, 2.45) is 5.41 Å². The van der Waals surface area contributed by atoms with E-state index >= 15 is 0 Å². The van der Waals surface area contributed by atoms with Gasteiger partial charge in [0.05, 0.1) is 17.7 Å². The summed E-state index contributed by atoms with van der Waals surface area (Å²) < 4.78 is 6.61. The van der Waals surface area contributed by atoms with Crippen LogP contribution in [-0.4, -0.2) is 21.7 Å². The molecule has 0 atom stereocenters. The standard InChI is InChI=1S/C14H18N2O3/c1-14(2,3)13(18)19-12(17)7-4-10-8-15-16(9-10)11-5-6-11/h4,7-9,11H,5-6H2,1-3H3/b7-4+. The molecular formula is C14H18N2O3. The highest BCUT2D eigenvalue weighted by Crippen LogP contribution is 2.34. The van der Waals surface area contributed by atoms with Crippen molar-refractivity contribution in [3.63, 3.8) is 0 Å². The minimum Gasteiger partial charge on any atom is -0.389 e. The Balaban J connectivity index is 1.90. The van der Waals surface area contributed by atoms with E-state index in [4.69, 9.17) is 4.74 Å². The third-order valence-electron chi connectivity index (χ3n) is 2.76. The minimum absolute atomic E-state index is 0.511. The topological polar surface area (TPSA) is 61.2 Å². The maximum absolute atomic E-state index is 11.5. The molecule has 1 saturated carbocycles. The van der Waals surface area contributed by atoms with Crippen LogP contribution in [0.3, 0.4) is 0 Å². The number of carbonyl (C=O) groups excluding carboxylic acids is 2. The average Bonchev–Trinajstić information content (AvgIpc) is 3.05. The molecule has 0 N–H and O–H groups in total. The molecule has 5 nitrogen and oxygen atoms in total. The number of esters is 2. The fraction of sp³-hybridized carbons (Fsp3) is 0.500. The van der Waals surface area contributed by atoms with E-state index in [1.54, 1.807) is 33.0 Å². The van der Waals surface area contributed by atoms with Gasteiger partial charge in [-0.2, -0.15) is 5.10 Å². The number of carbonyl (C=O) groups is 2. The number of aromatic nitrogens is 2. The third-order valence-corrected chi connectivity index (χ3v) is 2.76. The van der Waals surface area contributed by atoms with Crippen molar-refractivity contribution in [3.8, 4) is 0 Å². The Labute approximate surface area is 112 Å². The second-order valence-corrected chi connectivity index (χ2v) is 5.78. The summed E-state index contributed by atoms with van der Waals surface area (Å²) in [5.74, 6) is -1.19. The van der Waals surface area contributed by atoms with Gasteiger partial charge in [-0.15, -0.1) is 0 Å². The van der Waals surface area contributed by atoms with Crippen LogP contribution in [0.2, 0.25) is 0 Å². The first-order valence-electron chi connectivity index (χ1n) is 6.35. The number of hydrogen-bond donors (Lipinski definition) is 0. The highest BCUT2D eigenvalue weighted by molar-refractivity contribution is 5.96. The van der Waals surface area contributed by atoms with E-state index in [0.29, 0.717) is 6.04 Å². The van der Waals surface area contributed by atoms with Crippen molar-refractivity contribution < 1.29 is 14.3 Å². The van der Waals surface area contributed by atoms with Crippen molar-refractivity contribution in [1.82, 2.24) is 9.78 Å². The summed E-state index contributed by atoms with van der Waals surface area (Å²) in [4.78, 5) is 23.0. The second-order valence-electron chi connectivity index (χ2n) is 5.78. The van der Waals surface area contributed by atoms with E-state index in [9.17, 15) is 9.59 Å². The van der Waals surface area contributed by atoms with Gasteiger partial charge in [-0.05, 0) is 39.7 Å². The van der Waals surface area contributed by atoms with Crippen LogP contribution in [0.25, 0.3) is 6.08 Å². The van der Waals surface area contributed by atoms with Gasteiger partial charge in [-0.25, -0.2) is 4.79 Å². The normalized spacial score (nSPS) is 15.7. The summed E-state index contributed by atoms with van der Waals surface area (Å²) in [6, 6.07) is 0.511. The van der Waals surface area contributed by atoms with Gasteiger partial charge in [0.2, 0.25) is 0 Å². The van der Waals surface area contributed by atoms with Gasteiger partial charge in [0.15, 0.2) is 0 Å². The molecule has 0 amide bonds. The van der Waals surface area contributed by atoms with E-state index in [-0.39, 0.29) is 0 Å². The highest BCUT2D eigenvalue weighted by atomic mass is 16.6. The third kappa shape index (κ3) is 3.77. The minimum atomic E-state index is -0.680. The molecule has 0 unspecified atom stereocenters. The molecule has 0 spiro atoms. The van der Waals surface area contributed by atoms with E-state index < -0.39 is 17.4 Å².